The van der Waals surface area contributed by atoms with Crippen LogP contribution < -0.4 is 26.6 Å². The number of ether oxygens (including phenoxy) is 4. The first-order valence-corrected chi connectivity index (χ1v) is 19.0. The molecule has 3 atom stereocenters. The van der Waals surface area contributed by atoms with E-state index in [-0.39, 0.29) is 35.8 Å². The summed E-state index contributed by atoms with van der Waals surface area (Å²) in [4.78, 5) is 46.9. The molecule has 0 aromatic heterocycles. The highest BCUT2D eigenvalue weighted by molar-refractivity contribution is 8.76. The number of nitrogens with one attached hydrogen (secondary N) is 5. The molecule has 2 aliphatic rings. The maximum Gasteiger partial charge on any atom is 0.315 e. The molecule has 2 saturated heterocycles. The Kier molecular flexibility index (Phi) is 22.9. The number of amides is 5. The van der Waals surface area contributed by atoms with Gasteiger partial charge in [0.1, 0.15) is 0 Å². The molecule has 2 heterocycles. The van der Waals surface area contributed by atoms with Crippen molar-refractivity contribution < 1.29 is 38.1 Å². The topological polar surface area (TPSA) is 165 Å². The maximum atomic E-state index is 12.0. The van der Waals surface area contributed by atoms with Gasteiger partial charge in [0.15, 0.2) is 0 Å². The van der Waals surface area contributed by atoms with Crippen molar-refractivity contribution in [2.24, 2.45) is 0 Å². The molecule has 0 bridgehead atoms. The molecular weight excluding hydrogens is 643 g/mol. The number of carbonyl (C=O) groups is 4. The first-order valence-electron chi connectivity index (χ1n) is 15.5. The van der Waals surface area contributed by atoms with Gasteiger partial charge in [-0.05, 0) is 12.8 Å². The average Bonchev–Trinajstić information content (AvgIpc) is 3.57. The summed E-state index contributed by atoms with van der Waals surface area (Å²) < 4.78 is 21.8. The van der Waals surface area contributed by atoms with Crippen LogP contribution in [0.25, 0.3) is 0 Å². The molecule has 0 saturated carbocycles. The van der Waals surface area contributed by atoms with E-state index >= 15 is 0 Å². The van der Waals surface area contributed by atoms with Crippen LogP contribution in [0.4, 0.5) is 4.79 Å². The Morgan fingerprint density at radius 2 is 1.38 bits per heavy atom. The van der Waals surface area contributed by atoms with E-state index in [0.29, 0.717) is 109 Å². The summed E-state index contributed by atoms with van der Waals surface area (Å²) in [5.74, 6) is 4.85. The fraction of sp³-hybridized carbons (Fsp3) is 0.793. The number of hydrogen-bond acceptors (Lipinski definition) is 11. The number of fused-ring (bicyclic) bond motifs is 1. The second-order valence-corrected chi connectivity index (χ2v) is 14.1. The Labute approximate surface area is 279 Å². The number of hydrogen-bond donors (Lipinski definition) is 5. The molecule has 2 aliphatic heterocycles. The average molecular weight is 692 g/mol. The van der Waals surface area contributed by atoms with Gasteiger partial charge in [0.25, 0.3) is 0 Å². The predicted octanol–water partition coefficient (Wildman–Crippen LogP) is 0.922. The van der Waals surface area contributed by atoms with E-state index in [4.69, 9.17) is 25.4 Å². The molecule has 45 heavy (non-hydrogen) atoms. The predicted molar refractivity (Wildman–Crippen MR) is 179 cm³/mol. The maximum absolute atomic E-state index is 12.0. The normalized spacial score (nSPS) is 18.5. The summed E-state index contributed by atoms with van der Waals surface area (Å²) in [5.41, 5.74) is 0. The van der Waals surface area contributed by atoms with E-state index in [1.165, 1.54) is 0 Å². The lowest BCUT2D eigenvalue weighted by atomic mass is 10.0. The lowest BCUT2D eigenvalue weighted by molar-refractivity contribution is -0.122. The molecule has 0 aromatic carbocycles. The Hall–Kier alpha value is -1.87. The third-order valence-electron chi connectivity index (χ3n) is 6.58. The van der Waals surface area contributed by atoms with E-state index in [0.717, 1.165) is 24.3 Å². The summed E-state index contributed by atoms with van der Waals surface area (Å²) in [7, 11) is 3.23. The molecule has 0 spiro atoms. The summed E-state index contributed by atoms with van der Waals surface area (Å²) in [6, 6.07) is 0.302. The third-order valence-corrected chi connectivity index (χ3v) is 10.5. The van der Waals surface area contributed by atoms with Gasteiger partial charge in [-0.25, -0.2) is 4.79 Å². The number of terminal acetylenes is 1. The van der Waals surface area contributed by atoms with Crippen LogP contribution in [0.1, 0.15) is 38.5 Å². The molecule has 13 nitrogen and oxygen atoms in total. The van der Waals surface area contributed by atoms with Gasteiger partial charge < -0.3 is 45.5 Å². The third kappa shape index (κ3) is 20.1. The van der Waals surface area contributed by atoms with Crippen LogP contribution in [0.15, 0.2) is 0 Å². The molecule has 5 amide bonds. The molecule has 2 fully saturated rings. The van der Waals surface area contributed by atoms with Crippen LogP contribution in [-0.4, -0.2) is 131 Å². The minimum absolute atomic E-state index is 0.00339. The zero-order valence-electron chi connectivity index (χ0n) is 25.9. The summed E-state index contributed by atoms with van der Waals surface area (Å²) in [6.07, 6.45) is 8.60. The largest absolute Gasteiger partial charge is 0.379 e. The van der Waals surface area contributed by atoms with Gasteiger partial charge in [0.05, 0.1) is 64.9 Å². The highest BCUT2D eigenvalue weighted by Gasteiger charge is 2.42. The van der Waals surface area contributed by atoms with Crippen LogP contribution in [0.3, 0.4) is 0 Å². The molecule has 0 aromatic rings. The summed E-state index contributed by atoms with van der Waals surface area (Å²) >= 11 is 1.86. The van der Waals surface area contributed by atoms with Crippen LogP contribution in [0.5, 0.6) is 0 Å². The van der Waals surface area contributed by atoms with Crippen molar-refractivity contribution in [2.45, 2.75) is 55.9 Å². The second kappa shape index (κ2) is 26.2. The van der Waals surface area contributed by atoms with Crippen LogP contribution in [0, 0.1) is 12.3 Å². The lowest BCUT2D eigenvalue weighted by Crippen LogP contribution is -2.37. The fourth-order valence-electron chi connectivity index (χ4n) is 4.32. The Balaban J connectivity index is 1.23. The van der Waals surface area contributed by atoms with Crippen molar-refractivity contribution in [2.75, 3.05) is 89.7 Å². The molecule has 0 aliphatic carbocycles. The number of carbonyl (C=O) groups excluding carboxylic acids is 4. The summed E-state index contributed by atoms with van der Waals surface area (Å²) in [5, 5.41) is 14.7. The van der Waals surface area contributed by atoms with Gasteiger partial charge in [0, 0.05) is 67.8 Å². The molecule has 0 radical (unpaired) electrons. The number of rotatable bonds is 28. The zero-order valence-corrected chi connectivity index (χ0v) is 28.4. The van der Waals surface area contributed by atoms with Crippen LogP contribution in [0.2, 0.25) is 0 Å². The highest BCUT2D eigenvalue weighted by atomic mass is 33.1. The molecule has 256 valence electrons. The SMILES string of the molecule is C#CCCNC(=O)CCSSCCNC(=O)CCOCCOCCOCCOCCNC(=O)CCC[C@@H]1SC[C@@H]2NC(=O)N[C@@H]21. The van der Waals surface area contributed by atoms with Gasteiger partial charge in [-0.1, -0.05) is 21.6 Å². The van der Waals surface area contributed by atoms with Crippen molar-refractivity contribution in [3.05, 3.63) is 0 Å². The van der Waals surface area contributed by atoms with Crippen molar-refractivity contribution in [3.63, 3.8) is 0 Å². The quantitative estimate of drug-likeness (QED) is 0.0343. The van der Waals surface area contributed by atoms with Crippen LogP contribution >= 0.6 is 33.3 Å². The minimum atomic E-state index is -0.0863. The van der Waals surface area contributed by atoms with Gasteiger partial charge in [-0.3, -0.25) is 14.4 Å². The molecular formula is C29H49N5O8S3. The first kappa shape index (κ1) is 39.3. The monoisotopic (exact) mass is 691 g/mol. The molecule has 16 heteroatoms. The van der Waals surface area contributed by atoms with Gasteiger partial charge in [-0.2, -0.15) is 11.8 Å². The molecule has 2 rings (SSSR count). The summed E-state index contributed by atoms with van der Waals surface area (Å²) in [6.45, 7) is 4.89. The Bertz CT molecular complexity index is 914. The van der Waals surface area contributed by atoms with Crippen LogP contribution in [-0.2, 0) is 33.3 Å². The molecule has 0 unspecified atom stereocenters. The van der Waals surface area contributed by atoms with Gasteiger partial charge in [0.2, 0.25) is 17.7 Å². The van der Waals surface area contributed by atoms with E-state index in [1.807, 2.05) is 11.8 Å². The highest BCUT2D eigenvalue weighted by Crippen LogP contribution is 2.33. The van der Waals surface area contributed by atoms with E-state index in [1.54, 1.807) is 21.6 Å². The van der Waals surface area contributed by atoms with Crippen molar-refractivity contribution in [3.8, 4) is 12.3 Å². The number of thioether (sulfide) groups is 1. The smallest absolute Gasteiger partial charge is 0.315 e. The van der Waals surface area contributed by atoms with Crippen molar-refractivity contribution in [1.29, 1.82) is 0 Å². The first-order chi connectivity index (χ1) is 22.0. The minimum Gasteiger partial charge on any atom is -0.379 e. The fourth-order valence-corrected chi connectivity index (χ4v) is 7.76. The lowest BCUT2D eigenvalue weighted by Gasteiger charge is -2.16. The van der Waals surface area contributed by atoms with Crippen molar-refractivity contribution >= 4 is 57.1 Å². The second-order valence-electron chi connectivity index (χ2n) is 10.1. The van der Waals surface area contributed by atoms with E-state index in [9.17, 15) is 19.2 Å². The zero-order chi connectivity index (χ0) is 32.4. The Morgan fingerprint density at radius 1 is 0.778 bits per heavy atom. The molecule has 5 N–H and O–H groups in total. The van der Waals surface area contributed by atoms with Gasteiger partial charge >= 0.3 is 6.03 Å². The number of urea groups is 1. The Morgan fingerprint density at radius 3 is 2.11 bits per heavy atom. The van der Waals surface area contributed by atoms with Crippen molar-refractivity contribution in [1.82, 2.24) is 26.6 Å². The van der Waals surface area contributed by atoms with Gasteiger partial charge in [-0.15, -0.1) is 12.3 Å². The van der Waals surface area contributed by atoms with E-state index < -0.39 is 0 Å². The standard InChI is InChI=1S/C29H49N5O8S3/c1-2-3-9-30-27(37)8-20-44-45-21-11-32-26(36)7-12-39-14-16-41-18-19-42-17-15-40-13-10-31-25(35)6-4-5-24-28-23(22-43-24)33-29(38)34-28/h1,23-24,28H,3-22H2,(H,30,37)(H,31,35)(H,32,36)(H2,33,34,38)/t23-,24-,28-/m0/s1. The van der Waals surface area contributed by atoms with E-state index in [2.05, 4.69) is 32.5 Å².